The Kier molecular flexibility index (Phi) is 11.5. The van der Waals surface area contributed by atoms with E-state index in [4.69, 9.17) is 5.11 Å². The molecule has 122 valence electrons. The van der Waals surface area contributed by atoms with Crippen LogP contribution in [0.25, 0.3) is 0 Å². The molecule has 0 aliphatic carbocycles. The van der Waals surface area contributed by atoms with Crippen molar-refractivity contribution in [2.75, 3.05) is 0 Å². The van der Waals surface area contributed by atoms with Crippen molar-refractivity contribution in [3.8, 4) is 0 Å². The highest BCUT2D eigenvalue weighted by molar-refractivity contribution is 6.36. The van der Waals surface area contributed by atoms with Gasteiger partial charge in [-0.1, -0.05) is 58.3 Å². The van der Waals surface area contributed by atoms with Crippen molar-refractivity contribution >= 4 is 17.7 Å². The van der Waals surface area contributed by atoms with Crippen molar-refractivity contribution in [1.82, 2.24) is 5.32 Å². The van der Waals surface area contributed by atoms with Gasteiger partial charge >= 0.3 is 5.97 Å². The summed E-state index contributed by atoms with van der Waals surface area (Å²) in [5.74, 6) is -2.45. The van der Waals surface area contributed by atoms with Gasteiger partial charge in [0.1, 0.15) is 6.04 Å². The number of carboxylic acids is 1. The molecule has 0 heterocycles. The predicted molar refractivity (Wildman–Crippen MR) is 82.1 cm³/mol. The van der Waals surface area contributed by atoms with Gasteiger partial charge in [-0.3, -0.25) is 14.4 Å². The highest BCUT2D eigenvalue weighted by Crippen LogP contribution is 2.10. The highest BCUT2D eigenvalue weighted by Gasteiger charge is 2.19. The predicted octanol–water partition coefficient (Wildman–Crippen LogP) is 3.07. The highest BCUT2D eigenvalue weighted by atomic mass is 16.4. The van der Waals surface area contributed by atoms with Crippen LogP contribution in [0.4, 0.5) is 0 Å². The van der Waals surface area contributed by atoms with Crippen LogP contribution < -0.4 is 5.32 Å². The molecule has 1 atom stereocenters. The molecule has 5 nitrogen and oxygen atoms in total. The number of carbonyl (C=O) groups excluding carboxylic acids is 2. The lowest BCUT2D eigenvalue weighted by Gasteiger charge is -2.08. The molecule has 0 spiro atoms. The number of amides is 1. The van der Waals surface area contributed by atoms with Gasteiger partial charge in [0.15, 0.2) is 0 Å². The molecule has 0 aliphatic rings. The van der Waals surface area contributed by atoms with Crippen LogP contribution in [0.1, 0.15) is 78.1 Å². The second kappa shape index (κ2) is 12.4. The summed E-state index contributed by atoms with van der Waals surface area (Å²) < 4.78 is 0. The monoisotopic (exact) mass is 299 g/mol. The Labute approximate surface area is 127 Å². The van der Waals surface area contributed by atoms with Gasteiger partial charge in [0.25, 0.3) is 5.91 Å². The maximum Gasteiger partial charge on any atom is 0.325 e. The average Bonchev–Trinajstić information content (AvgIpc) is 2.44. The molecule has 1 amide bonds. The van der Waals surface area contributed by atoms with Crippen LogP contribution in [-0.4, -0.2) is 28.8 Å². The van der Waals surface area contributed by atoms with E-state index in [2.05, 4.69) is 12.2 Å². The van der Waals surface area contributed by atoms with E-state index in [9.17, 15) is 14.4 Å². The van der Waals surface area contributed by atoms with Gasteiger partial charge in [0.2, 0.25) is 5.78 Å². The van der Waals surface area contributed by atoms with Gasteiger partial charge in [-0.05, 0) is 13.3 Å². The number of unbranched alkanes of at least 4 members (excludes halogenated alkanes) is 8. The minimum absolute atomic E-state index is 0.202. The Bertz CT molecular complexity index is 328. The summed E-state index contributed by atoms with van der Waals surface area (Å²) in [6.45, 7) is 3.54. The molecule has 0 saturated heterocycles. The summed E-state index contributed by atoms with van der Waals surface area (Å²) in [7, 11) is 0. The number of hydrogen-bond donors (Lipinski definition) is 2. The topological polar surface area (TPSA) is 83.5 Å². The standard InChI is InChI=1S/C16H29NO4/c1-3-4-5-6-7-8-9-10-11-12-14(18)15(19)17-13(2)16(20)21/h13H,3-12H2,1-2H3,(H,17,19)(H,20,21). The minimum atomic E-state index is -1.14. The van der Waals surface area contributed by atoms with Gasteiger partial charge in [0, 0.05) is 6.42 Å². The molecule has 5 heteroatoms. The third kappa shape index (κ3) is 11.0. The smallest absolute Gasteiger partial charge is 0.325 e. The molecule has 1 unspecified atom stereocenters. The largest absolute Gasteiger partial charge is 0.480 e. The zero-order valence-electron chi connectivity index (χ0n) is 13.3. The molecule has 2 N–H and O–H groups in total. The fraction of sp³-hybridized carbons (Fsp3) is 0.812. The van der Waals surface area contributed by atoms with E-state index < -0.39 is 23.7 Å². The first-order valence-electron chi connectivity index (χ1n) is 8.05. The second-order valence-electron chi connectivity index (χ2n) is 5.53. The first-order chi connectivity index (χ1) is 9.99. The zero-order chi connectivity index (χ0) is 16.1. The molecule has 0 saturated carbocycles. The number of rotatable bonds is 13. The summed E-state index contributed by atoms with van der Waals surface area (Å²) in [4.78, 5) is 33.5. The molecule has 0 aromatic heterocycles. The zero-order valence-corrected chi connectivity index (χ0v) is 13.3. The van der Waals surface area contributed by atoms with Crippen molar-refractivity contribution in [2.45, 2.75) is 84.1 Å². The van der Waals surface area contributed by atoms with Gasteiger partial charge < -0.3 is 10.4 Å². The first-order valence-corrected chi connectivity index (χ1v) is 8.05. The molecule has 0 rings (SSSR count). The number of hydrogen-bond acceptors (Lipinski definition) is 3. The molecular weight excluding hydrogens is 270 g/mol. The van der Waals surface area contributed by atoms with Gasteiger partial charge in [0.05, 0.1) is 0 Å². The second-order valence-corrected chi connectivity index (χ2v) is 5.53. The maximum atomic E-state index is 11.5. The Morgan fingerprint density at radius 3 is 1.86 bits per heavy atom. The summed E-state index contributed by atoms with van der Waals surface area (Å²) in [5.41, 5.74) is 0. The molecule has 0 aromatic carbocycles. The third-order valence-corrected chi connectivity index (χ3v) is 3.48. The first kappa shape index (κ1) is 19.6. The Morgan fingerprint density at radius 2 is 1.38 bits per heavy atom. The number of ketones is 1. The van der Waals surface area contributed by atoms with E-state index in [1.165, 1.54) is 45.4 Å². The Hall–Kier alpha value is -1.39. The van der Waals surface area contributed by atoms with Crippen LogP contribution in [0.2, 0.25) is 0 Å². The van der Waals surface area contributed by atoms with E-state index in [0.29, 0.717) is 6.42 Å². The average molecular weight is 299 g/mol. The van der Waals surface area contributed by atoms with Crippen molar-refractivity contribution in [3.63, 3.8) is 0 Å². The van der Waals surface area contributed by atoms with E-state index in [-0.39, 0.29) is 6.42 Å². The van der Waals surface area contributed by atoms with Crippen LogP contribution in [0.3, 0.4) is 0 Å². The molecule has 0 aromatic rings. The minimum Gasteiger partial charge on any atom is -0.480 e. The van der Waals surface area contributed by atoms with Gasteiger partial charge in [-0.15, -0.1) is 0 Å². The lowest BCUT2D eigenvalue weighted by molar-refractivity contribution is -0.143. The van der Waals surface area contributed by atoms with Crippen molar-refractivity contribution in [3.05, 3.63) is 0 Å². The van der Waals surface area contributed by atoms with Crippen LogP contribution >= 0.6 is 0 Å². The Morgan fingerprint density at radius 1 is 0.905 bits per heavy atom. The van der Waals surface area contributed by atoms with Crippen LogP contribution in [0.5, 0.6) is 0 Å². The van der Waals surface area contributed by atoms with E-state index in [1.54, 1.807) is 0 Å². The molecule has 0 bridgehead atoms. The fourth-order valence-electron chi connectivity index (χ4n) is 2.05. The number of Topliss-reactive ketones (excluding diaryl/α,β-unsaturated/α-hetero) is 1. The number of nitrogens with one attached hydrogen (secondary N) is 1. The molecular formula is C16H29NO4. The molecule has 0 aliphatic heterocycles. The maximum absolute atomic E-state index is 11.5. The lowest BCUT2D eigenvalue weighted by Crippen LogP contribution is -2.41. The molecule has 0 fully saturated rings. The normalized spacial score (nSPS) is 11.9. The van der Waals surface area contributed by atoms with E-state index in [1.807, 2.05) is 0 Å². The molecule has 21 heavy (non-hydrogen) atoms. The number of aliphatic carboxylic acids is 1. The van der Waals surface area contributed by atoms with Crippen LogP contribution in [-0.2, 0) is 14.4 Å². The van der Waals surface area contributed by atoms with Gasteiger partial charge in [-0.2, -0.15) is 0 Å². The number of carboxylic acid groups (broad SMARTS) is 1. The van der Waals surface area contributed by atoms with E-state index in [0.717, 1.165) is 12.8 Å². The number of carbonyl (C=O) groups is 3. The fourth-order valence-corrected chi connectivity index (χ4v) is 2.05. The summed E-state index contributed by atoms with van der Waals surface area (Å²) >= 11 is 0. The van der Waals surface area contributed by atoms with Crippen molar-refractivity contribution < 1.29 is 19.5 Å². The summed E-state index contributed by atoms with van der Waals surface area (Å²) in [5, 5.41) is 10.8. The SMILES string of the molecule is CCCCCCCCCCCC(=O)C(=O)NC(C)C(=O)O. The van der Waals surface area contributed by atoms with Crippen LogP contribution in [0.15, 0.2) is 0 Å². The van der Waals surface area contributed by atoms with Crippen molar-refractivity contribution in [1.29, 1.82) is 0 Å². The summed E-state index contributed by atoms with van der Waals surface area (Å²) in [6, 6.07) is -1.02. The lowest BCUT2D eigenvalue weighted by atomic mass is 10.1. The third-order valence-electron chi connectivity index (χ3n) is 3.48. The van der Waals surface area contributed by atoms with Crippen molar-refractivity contribution in [2.24, 2.45) is 0 Å². The Balaban J connectivity index is 3.53. The van der Waals surface area contributed by atoms with Gasteiger partial charge in [-0.25, -0.2) is 0 Å². The summed E-state index contributed by atoms with van der Waals surface area (Å²) in [6.07, 6.45) is 10.5. The molecule has 0 radical (unpaired) electrons. The quantitative estimate of drug-likeness (QED) is 0.404. The van der Waals surface area contributed by atoms with Crippen LogP contribution in [0, 0.1) is 0 Å². The van der Waals surface area contributed by atoms with E-state index >= 15 is 0 Å².